The van der Waals surface area contributed by atoms with Gasteiger partial charge in [-0.1, -0.05) is 24.3 Å². The largest absolute Gasteiger partial charge is 4.00 e. The first-order valence-electron chi connectivity index (χ1n) is 6.34. The van der Waals surface area contributed by atoms with Crippen LogP contribution in [0.5, 0.6) is 0 Å². The Kier molecular flexibility index (Phi) is 40.4. The zero-order chi connectivity index (χ0) is 20.0. The van der Waals surface area contributed by atoms with E-state index in [0.717, 1.165) is 6.08 Å². The van der Waals surface area contributed by atoms with Crippen molar-refractivity contribution in [3.05, 3.63) is 50.1 Å². The molecule has 0 radical (unpaired) electrons. The van der Waals surface area contributed by atoms with E-state index < -0.39 is 23.9 Å². The molecule has 0 bridgehead atoms. The van der Waals surface area contributed by atoms with E-state index in [0.29, 0.717) is 0 Å². The Morgan fingerprint density at radius 1 is 0.720 bits per heavy atom. The Bertz CT molecular complexity index is 394. The Morgan fingerprint density at radius 3 is 0.960 bits per heavy atom. The Morgan fingerprint density at radius 2 is 0.960 bits per heavy atom. The Hall–Kier alpha value is -2.36. The molecule has 0 amide bonds. The molecule has 0 aromatic heterocycles. The number of allylic oxidation sites excluding steroid dienone is 1. The SMILES string of the molecule is C/C=C/C(=O)[O-].C=CCC(=O)[O-].C=CCC(=O)[O-].C=CCC(=O)[O-].[Sn+4]. The van der Waals surface area contributed by atoms with Gasteiger partial charge in [-0.25, -0.2) is 0 Å². The van der Waals surface area contributed by atoms with Gasteiger partial charge >= 0.3 is 23.9 Å². The van der Waals surface area contributed by atoms with Crippen molar-refractivity contribution in [3.63, 3.8) is 0 Å². The van der Waals surface area contributed by atoms with Crippen LogP contribution >= 0.6 is 0 Å². The molecule has 0 spiro atoms. The molecule has 136 valence electrons. The van der Waals surface area contributed by atoms with Crippen molar-refractivity contribution in [1.82, 2.24) is 0 Å². The molecule has 0 saturated heterocycles. The van der Waals surface area contributed by atoms with Crippen LogP contribution in [0.25, 0.3) is 0 Å². The first kappa shape index (κ1) is 34.1. The molecule has 0 unspecified atom stereocenters. The summed E-state index contributed by atoms with van der Waals surface area (Å²) in [6.45, 7) is 11.2. The minimum atomic E-state index is -1.14. The number of hydrogen-bond acceptors (Lipinski definition) is 8. The Labute approximate surface area is 163 Å². The van der Waals surface area contributed by atoms with Crippen LogP contribution in [-0.2, 0) is 19.2 Å². The predicted octanol–water partition coefficient (Wildman–Crippen LogP) is -3.13. The van der Waals surface area contributed by atoms with Crippen LogP contribution in [0.1, 0.15) is 26.2 Å². The number of hydrogen-bond donors (Lipinski definition) is 0. The minimum Gasteiger partial charge on any atom is -0.550 e. The zero-order valence-corrected chi connectivity index (χ0v) is 16.7. The van der Waals surface area contributed by atoms with E-state index >= 15 is 0 Å². The van der Waals surface area contributed by atoms with Crippen molar-refractivity contribution in [2.45, 2.75) is 26.2 Å². The van der Waals surface area contributed by atoms with Gasteiger partial charge in [0.2, 0.25) is 0 Å². The van der Waals surface area contributed by atoms with Gasteiger partial charge in [-0.3, -0.25) is 0 Å². The van der Waals surface area contributed by atoms with Crippen LogP contribution in [0.4, 0.5) is 0 Å². The van der Waals surface area contributed by atoms with Crippen molar-refractivity contribution in [2.24, 2.45) is 0 Å². The number of carboxylic acids is 4. The summed E-state index contributed by atoms with van der Waals surface area (Å²) >= 11 is 0. The van der Waals surface area contributed by atoms with Crippen LogP contribution in [0.2, 0.25) is 0 Å². The van der Waals surface area contributed by atoms with Gasteiger partial charge in [0.25, 0.3) is 0 Å². The first-order chi connectivity index (χ1) is 11.1. The van der Waals surface area contributed by atoms with Gasteiger partial charge in [0.15, 0.2) is 0 Å². The minimum absolute atomic E-state index is 0. The van der Waals surface area contributed by atoms with Crippen molar-refractivity contribution in [3.8, 4) is 0 Å². The third-order valence-corrected chi connectivity index (χ3v) is 1.24. The van der Waals surface area contributed by atoms with E-state index in [-0.39, 0.29) is 43.2 Å². The maximum absolute atomic E-state index is 9.42. The van der Waals surface area contributed by atoms with E-state index in [1.54, 1.807) is 6.92 Å². The molecule has 0 atom stereocenters. The molecule has 0 rings (SSSR count). The molecular weight excluding hydrogens is 439 g/mol. The molecule has 0 N–H and O–H groups in total. The van der Waals surface area contributed by atoms with Gasteiger partial charge < -0.3 is 39.6 Å². The van der Waals surface area contributed by atoms with E-state index in [1.807, 2.05) is 0 Å². The second-order valence-electron chi connectivity index (χ2n) is 3.41. The summed E-state index contributed by atoms with van der Waals surface area (Å²) < 4.78 is 0. The molecule has 0 fully saturated rings. The van der Waals surface area contributed by atoms with Gasteiger partial charge in [-0.2, -0.15) is 0 Å². The summed E-state index contributed by atoms with van der Waals surface area (Å²) in [6, 6.07) is 0. The summed E-state index contributed by atoms with van der Waals surface area (Å²) in [7, 11) is 0. The van der Waals surface area contributed by atoms with Crippen LogP contribution < -0.4 is 20.4 Å². The number of carbonyl (C=O) groups is 4. The quantitative estimate of drug-likeness (QED) is 0.220. The van der Waals surface area contributed by atoms with Crippen LogP contribution in [0.15, 0.2) is 50.1 Å². The smallest absolute Gasteiger partial charge is 0.550 e. The topological polar surface area (TPSA) is 161 Å². The van der Waals surface area contributed by atoms with Gasteiger partial charge in [-0.05, 0) is 13.0 Å². The average Bonchev–Trinajstić information content (AvgIpc) is 2.39. The van der Waals surface area contributed by atoms with Crippen molar-refractivity contribution < 1.29 is 39.6 Å². The first-order valence-corrected chi connectivity index (χ1v) is 6.34. The van der Waals surface area contributed by atoms with E-state index in [2.05, 4.69) is 19.7 Å². The zero-order valence-electron chi connectivity index (χ0n) is 13.9. The second kappa shape index (κ2) is 29.6. The van der Waals surface area contributed by atoms with Crippen LogP contribution in [0, 0.1) is 0 Å². The van der Waals surface area contributed by atoms with Crippen molar-refractivity contribution in [2.75, 3.05) is 0 Å². The Balaban J connectivity index is -0.0000000702. The van der Waals surface area contributed by atoms with Crippen molar-refractivity contribution in [1.29, 1.82) is 0 Å². The number of carboxylic acid groups (broad SMARTS) is 4. The normalized spacial score (nSPS) is 7.56. The van der Waals surface area contributed by atoms with Crippen LogP contribution in [-0.4, -0.2) is 47.8 Å². The number of aliphatic carboxylic acids is 4. The molecule has 9 heteroatoms. The number of carbonyl (C=O) groups excluding carboxylic acids is 4. The standard InChI is InChI=1S/4C4H6O2.Sn/c4*1-2-3-4(5)6;/h2-3H,1H3,(H,5,6);3*2H,1,3H2,(H,5,6);/q;;;;+4/p-4/b3-2+;;;;. The summed E-state index contributed by atoms with van der Waals surface area (Å²) in [5.74, 6) is -4.38. The summed E-state index contributed by atoms with van der Waals surface area (Å²) in [4.78, 5) is 37.7. The van der Waals surface area contributed by atoms with Gasteiger partial charge in [0, 0.05) is 37.2 Å². The molecule has 0 heterocycles. The van der Waals surface area contributed by atoms with E-state index in [4.69, 9.17) is 0 Å². The number of rotatable bonds is 7. The van der Waals surface area contributed by atoms with Crippen LogP contribution in [0.3, 0.4) is 0 Å². The molecule has 0 aliphatic carbocycles. The van der Waals surface area contributed by atoms with Crippen molar-refractivity contribution >= 4 is 47.8 Å². The maximum Gasteiger partial charge on any atom is 4.00 e. The summed E-state index contributed by atoms with van der Waals surface area (Å²) in [6.07, 6.45) is 6.08. The fourth-order valence-electron chi connectivity index (χ4n) is 0.490. The predicted molar refractivity (Wildman–Crippen MR) is 85.0 cm³/mol. The molecule has 0 aliphatic rings. The molecule has 0 aromatic rings. The van der Waals surface area contributed by atoms with Gasteiger partial charge in [0.1, 0.15) is 0 Å². The summed E-state index contributed by atoms with van der Waals surface area (Å²) in [5.41, 5.74) is 0. The van der Waals surface area contributed by atoms with E-state index in [9.17, 15) is 39.6 Å². The third-order valence-electron chi connectivity index (χ3n) is 1.24. The molecular formula is C16H20O8Sn. The second-order valence-corrected chi connectivity index (χ2v) is 3.41. The monoisotopic (exact) mass is 460 g/mol. The van der Waals surface area contributed by atoms with Gasteiger partial charge in [0.05, 0.1) is 5.97 Å². The fraction of sp³-hybridized carbons (Fsp3) is 0.250. The van der Waals surface area contributed by atoms with Gasteiger partial charge in [-0.15, -0.1) is 19.7 Å². The molecule has 8 nitrogen and oxygen atoms in total. The van der Waals surface area contributed by atoms with E-state index in [1.165, 1.54) is 24.3 Å². The third kappa shape index (κ3) is 89.8. The molecule has 0 saturated carbocycles. The fourth-order valence-corrected chi connectivity index (χ4v) is 0.490. The maximum atomic E-state index is 9.42. The molecule has 0 aliphatic heterocycles. The average molecular weight is 459 g/mol. The summed E-state index contributed by atoms with van der Waals surface area (Å²) in [5, 5.41) is 37.7. The molecule has 0 aromatic carbocycles. The molecule has 25 heavy (non-hydrogen) atoms.